The maximum atomic E-state index is 12.4. The van der Waals surface area contributed by atoms with Gasteiger partial charge >= 0.3 is 6.09 Å². The Morgan fingerprint density at radius 2 is 1.96 bits per heavy atom. The van der Waals surface area contributed by atoms with Crippen LogP contribution in [-0.2, 0) is 14.3 Å². The first kappa shape index (κ1) is 19.4. The number of carbonyl (C=O) groups is 2. The Balaban J connectivity index is 1.37. The Kier molecular flexibility index (Phi) is 7.29. The highest BCUT2D eigenvalue weighted by atomic mass is 16.6. The molecular formula is C19H27N3O5. The highest BCUT2D eigenvalue weighted by molar-refractivity contribution is 5.87. The van der Waals surface area contributed by atoms with Crippen LogP contribution in [0.15, 0.2) is 30.3 Å². The van der Waals surface area contributed by atoms with Gasteiger partial charge in [-0.15, -0.1) is 0 Å². The minimum atomic E-state index is -0.597. The van der Waals surface area contributed by atoms with E-state index in [-0.39, 0.29) is 12.5 Å². The van der Waals surface area contributed by atoms with E-state index < -0.39 is 12.1 Å². The third-order valence-electron chi connectivity index (χ3n) is 4.68. The number of para-hydroxylation sites is 1. The zero-order valence-corrected chi connectivity index (χ0v) is 15.5. The molecule has 0 spiro atoms. The number of nitrogens with zero attached hydrogens (tertiary/aromatic N) is 2. The van der Waals surface area contributed by atoms with E-state index in [2.05, 4.69) is 10.2 Å². The second-order valence-electron chi connectivity index (χ2n) is 6.55. The first-order valence-corrected chi connectivity index (χ1v) is 9.43. The summed E-state index contributed by atoms with van der Waals surface area (Å²) in [6, 6.07) is 8.77. The number of morpholine rings is 1. The summed E-state index contributed by atoms with van der Waals surface area (Å²) in [7, 11) is 0. The van der Waals surface area contributed by atoms with Gasteiger partial charge in [0.1, 0.15) is 25.0 Å². The minimum absolute atomic E-state index is 0.0828. The average Bonchev–Trinajstić information content (AvgIpc) is 3.07. The van der Waals surface area contributed by atoms with Gasteiger partial charge in [0, 0.05) is 19.6 Å². The van der Waals surface area contributed by atoms with Gasteiger partial charge in [-0.1, -0.05) is 18.2 Å². The van der Waals surface area contributed by atoms with Crippen molar-refractivity contribution in [3.63, 3.8) is 0 Å². The fraction of sp³-hybridized carbons (Fsp3) is 0.579. The molecular weight excluding hydrogens is 350 g/mol. The van der Waals surface area contributed by atoms with Crippen LogP contribution in [0.25, 0.3) is 0 Å². The van der Waals surface area contributed by atoms with Crippen molar-refractivity contribution in [1.82, 2.24) is 15.1 Å². The number of rotatable bonds is 9. The Labute approximate surface area is 159 Å². The van der Waals surface area contributed by atoms with E-state index in [1.807, 2.05) is 30.3 Å². The van der Waals surface area contributed by atoms with Crippen LogP contribution in [0.1, 0.15) is 6.42 Å². The fourth-order valence-corrected chi connectivity index (χ4v) is 3.15. The number of hydrogen-bond donors (Lipinski definition) is 1. The summed E-state index contributed by atoms with van der Waals surface area (Å²) in [5, 5.41) is 2.91. The van der Waals surface area contributed by atoms with Crippen LogP contribution in [-0.4, -0.2) is 87.0 Å². The van der Waals surface area contributed by atoms with Crippen LogP contribution in [0.3, 0.4) is 0 Å². The van der Waals surface area contributed by atoms with Crippen molar-refractivity contribution >= 4 is 12.0 Å². The lowest BCUT2D eigenvalue weighted by Crippen LogP contribution is -2.47. The van der Waals surface area contributed by atoms with E-state index in [1.165, 1.54) is 4.90 Å². The quantitative estimate of drug-likeness (QED) is 0.639. The van der Waals surface area contributed by atoms with Crippen molar-refractivity contribution in [2.75, 3.05) is 59.2 Å². The van der Waals surface area contributed by atoms with Gasteiger partial charge in [-0.25, -0.2) is 4.79 Å². The Morgan fingerprint density at radius 3 is 2.74 bits per heavy atom. The molecule has 1 aromatic carbocycles. The fourth-order valence-electron chi connectivity index (χ4n) is 3.15. The number of nitrogens with one attached hydrogen (secondary N) is 1. The first-order valence-electron chi connectivity index (χ1n) is 9.43. The molecule has 1 atom stereocenters. The molecule has 0 unspecified atom stereocenters. The van der Waals surface area contributed by atoms with E-state index in [4.69, 9.17) is 14.2 Å². The van der Waals surface area contributed by atoms with E-state index in [1.54, 1.807) is 0 Å². The summed E-state index contributed by atoms with van der Waals surface area (Å²) < 4.78 is 16.0. The molecule has 2 saturated heterocycles. The summed E-state index contributed by atoms with van der Waals surface area (Å²) in [6.45, 7) is 5.62. The third kappa shape index (κ3) is 5.83. The molecule has 0 aromatic heterocycles. The molecule has 8 heteroatoms. The van der Waals surface area contributed by atoms with Crippen molar-refractivity contribution in [2.45, 2.75) is 12.5 Å². The molecule has 2 aliphatic heterocycles. The number of cyclic esters (lactones) is 1. The van der Waals surface area contributed by atoms with Gasteiger partial charge in [0.05, 0.1) is 19.8 Å². The molecule has 1 aromatic rings. The molecule has 2 amide bonds. The first-order chi connectivity index (χ1) is 13.2. The standard InChI is InChI=1S/C19H27N3O5/c23-18(20-7-4-8-21-9-12-25-13-10-21)17-15-27-19(24)22(17)11-14-26-16-5-2-1-3-6-16/h1-3,5-6,17H,4,7-15H2,(H,20,23)/t17-/m0/s1. The van der Waals surface area contributed by atoms with Crippen molar-refractivity contribution in [3.05, 3.63) is 30.3 Å². The summed E-state index contributed by atoms with van der Waals surface area (Å²) >= 11 is 0. The molecule has 0 saturated carbocycles. The second-order valence-corrected chi connectivity index (χ2v) is 6.55. The zero-order chi connectivity index (χ0) is 18.9. The smallest absolute Gasteiger partial charge is 0.410 e. The van der Waals surface area contributed by atoms with Crippen molar-refractivity contribution in [3.8, 4) is 5.75 Å². The van der Waals surface area contributed by atoms with Crippen molar-refractivity contribution in [1.29, 1.82) is 0 Å². The second kappa shape index (κ2) is 10.1. The zero-order valence-electron chi connectivity index (χ0n) is 15.5. The predicted octanol–water partition coefficient (Wildman–Crippen LogP) is 0.725. The summed E-state index contributed by atoms with van der Waals surface area (Å²) in [4.78, 5) is 28.1. The molecule has 2 fully saturated rings. The maximum absolute atomic E-state index is 12.4. The van der Waals surface area contributed by atoms with Gasteiger partial charge in [0.25, 0.3) is 0 Å². The molecule has 8 nitrogen and oxygen atoms in total. The SMILES string of the molecule is O=C(NCCCN1CCOCC1)[C@@H]1COC(=O)N1CCOc1ccccc1. The number of amides is 2. The summed E-state index contributed by atoms with van der Waals surface area (Å²) in [6.07, 6.45) is 0.393. The molecule has 2 heterocycles. The van der Waals surface area contributed by atoms with Crippen LogP contribution >= 0.6 is 0 Å². The largest absolute Gasteiger partial charge is 0.492 e. The van der Waals surface area contributed by atoms with Crippen LogP contribution in [0.2, 0.25) is 0 Å². The number of benzene rings is 1. The van der Waals surface area contributed by atoms with Gasteiger partial charge in [-0.05, 0) is 25.1 Å². The Hall–Kier alpha value is -2.32. The molecule has 0 aliphatic carbocycles. The van der Waals surface area contributed by atoms with Gasteiger partial charge < -0.3 is 19.5 Å². The molecule has 2 aliphatic rings. The third-order valence-corrected chi connectivity index (χ3v) is 4.68. The Morgan fingerprint density at radius 1 is 1.19 bits per heavy atom. The highest BCUT2D eigenvalue weighted by Gasteiger charge is 2.37. The summed E-state index contributed by atoms with van der Waals surface area (Å²) in [5.41, 5.74) is 0. The average molecular weight is 377 g/mol. The molecule has 1 N–H and O–H groups in total. The van der Waals surface area contributed by atoms with E-state index in [0.29, 0.717) is 19.7 Å². The monoisotopic (exact) mass is 377 g/mol. The van der Waals surface area contributed by atoms with Gasteiger partial charge in [0.2, 0.25) is 5.91 Å². The Bertz CT molecular complexity index is 607. The number of hydrogen-bond acceptors (Lipinski definition) is 6. The van der Waals surface area contributed by atoms with Crippen molar-refractivity contribution < 1.29 is 23.8 Å². The molecule has 27 heavy (non-hydrogen) atoms. The summed E-state index contributed by atoms with van der Waals surface area (Å²) in [5.74, 6) is 0.553. The normalized spacial score (nSPS) is 20.4. The maximum Gasteiger partial charge on any atom is 0.410 e. The van der Waals surface area contributed by atoms with Gasteiger partial charge in [0.15, 0.2) is 0 Å². The number of ether oxygens (including phenoxy) is 3. The van der Waals surface area contributed by atoms with E-state index in [0.717, 1.165) is 45.0 Å². The molecule has 0 radical (unpaired) electrons. The number of carbonyl (C=O) groups excluding carboxylic acids is 2. The molecule has 148 valence electrons. The van der Waals surface area contributed by atoms with Gasteiger partial charge in [-0.2, -0.15) is 0 Å². The van der Waals surface area contributed by atoms with Crippen LogP contribution in [0, 0.1) is 0 Å². The van der Waals surface area contributed by atoms with Crippen LogP contribution in [0.5, 0.6) is 5.75 Å². The van der Waals surface area contributed by atoms with Gasteiger partial charge in [-0.3, -0.25) is 14.6 Å². The highest BCUT2D eigenvalue weighted by Crippen LogP contribution is 2.14. The van der Waals surface area contributed by atoms with E-state index >= 15 is 0 Å². The minimum Gasteiger partial charge on any atom is -0.492 e. The molecule has 3 rings (SSSR count). The molecule has 0 bridgehead atoms. The predicted molar refractivity (Wildman–Crippen MR) is 98.7 cm³/mol. The van der Waals surface area contributed by atoms with Crippen molar-refractivity contribution in [2.24, 2.45) is 0 Å². The lowest BCUT2D eigenvalue weighted by Gasteiger charge is -2.26. The topological polar surface area (TPSA) is 80.3 Å². The lowest BCUT2D eigenvalue weighted by atomic mass is 10.2. The van der Waals surface area contributed by atoms with Crippen LogP contribution in [0.4, 0.5) is 4.79 Å². The van der Waals surface area contributed by atoms with Crippen LogP contribution < -0.4 is 10.1 Å². The van der Waals surface area contributed by atoms with E-state index in [9.17, 15) is 9.59 Å². The lowest BCUT2D eigenvalue weighted by molar-refractivity contribution is -0.124.